The smallest absolute Gasteiger partial charge is 0.313 e. The lowest BCUT2D eigenvalue weighted by molar-refractivity contribution is -0.136. The van der Waals surface area contributed by atoms with Gasteiger partial charge in [0, 0.05) is 12.2 Å². The Morgan fingerprint density at radius 1 is 1.14 bits per heavy atom. The van der Waals surface area contributed by atoms with Crippen molar-refractivity contribution in [2.75, 3.05) is 11.9 Å². The van der Waals surface area contributed by atoms with Gasteiger partial charge in [-0.1, -0.05) is 51.3 Å². The zero-order valence-corrected chi connectivity index (χ0v) is 13.2. The number of hydrogen-bond donors (Lipinski definition) is 2. The first-order chi connectivity index (χ1) is 10.1. The van der Waals surface area contributed by atoms with E-state index >= 15 is 0 Å². The zero-order valence-electron chi connectivity index (χ0n) is 13.2. The van der Waals surface area contributed by atoms with Gasteiger partial charge < -0.3 is 10.6 Å². The maximum absolute atomic E-state index is 11.9. The summed E-state index contributed by atoms with van der Waals surface area (Å²) in [6.07, 6.45) is 4.41. The molecule has 0 unspecified atom stereocenters. The first kappa shape index (κ1) is 17.2. The summed E-state index contributed by atoms with van der Waals surface area (Å²) in [5.74, 6) is -0.719. The molecule has 21 heavy (non-hydrogen) atoms. The van der Waals surface area contributed by atoms with E-state index < -0.39 is 11.8 Å². The van der Waals surface area contributed by atoms with Crippen LogP contribution < -0.4 is 10.6 Å². The summed E-state index contributed by atoms with van der Waals surface area (Å²) in [4.78, 5) is 23.7. The predicted molar refractivity (Wildman–Crippen MR) is 86.1 cm³/mol. The van der Waals surface area contributed by atoms with Crippen molar-refractivity contribution in [3.05, 3.63) is 29.8 Å². The van der Waals surface area contributed by atoms with Gasteiger partial charge >= 0.3 is 11.8 Å². The van der Waals surface area contributed by atoms with Crippen LogP contribution in [-0.4, -0.2) is 18.4 Å². The average Bonchev–Trinajstić information content (AvgIpc) is 2.49. The summed E-state index contributed by atoms with van der Waals surface area (Å²) >= 11 is 0. The fourth-order valence-corrected chi connectivity index (χ4v) is 2.15. The Hall–Kier alpha value is -1.84. The van der Waals surface area contributed by atoms with E-state index in [0.717, 1.165) is 31.2 Å². The Morgan fingerprint density at radius 3 is 2.48 bits per heavy atom. The quantitative estimate of drug-likeness (QED) is 0.757. The molecule has 1 aromatic rings. The number of para-hydroxylation sites is 1. The average molecular weight is 290 g/mol. The normalized spacial score (nSPS) is 11.8. The van der Waals surface area contributed by atoms with Crippen LogP contribution in [0, 0.1) is 12.8 Å². The Balaban J connectivity index is 2.44. The van der Waals surface area contributed by atoms with E-state index in [1.54, 1.807) is 6.07 Å². The molecule has 116 valence electrons. The van der Waals surface area contributed by atoms with Gasteiger partial charge in [-0.25, -0.2) is 0 Å². The minimum atomic E-state index is -0.602. The largest absolute Gasteiger partial charge is 0.348 e. The summed E-state index contributed by atoms with van der Waals surface area (Å²) in [5.41, 5.74) is 1.61. The first-order valence-electron chi connectivity index (χ1n) is 7.73. The van der Waals surface area contributed by atoms with Crippen molar-refractivity contribution in [2.24, 2.45) is 5.92 Å². The van der Waals surface area contributed by atoms with E-state index in [9.17, 15) is 9.59 Å². The lowest BCUT2D eigenvalue weighted by Crippen LogP contribution is -2.38. The fraction of sp³-hybridized carbons (Fsp3) is 0.529. The SMILES string of the molecule is CCCC[C@H](CC)CNC(=O)C(=O)Nc1ccccc1C. The number of nitrogens with one attached hydrogen (secondary N) is 2. The van der Waals surface area contributed by atoms with E-state index in [4.69, 9.17) is 0 Å². The second-order valence-electron chi connectivity index (χ2n) is 5.40. The second-order valence-corrected chi connectivity index (χ2v) is 5.40. The molecule has 4 nitrogen and oxygen atoms in total. The third-order valence-electron chi connectivity index (χ3n) is 3.69. The van der Waals surface area contributed by atoms with Crippen LogP contribution in [0.15, 0.2) is 24.3 Å². The van der Waals surface area contributed by atoms with Crippen LogP contribution in [0.3, 0.4) is 0 Å². The molecule has 0 spiro atoms. The molecule has 0 aliphatic carbocycles. The molecule has 1 rings (SSSR count). The summed E-state index contributed by atoms with van der Waals surface area (Å²) in [6, 6.07) is 7.41. The summed E-state index contributed by atoms with van der Waals surface area (Å²) in [7, 11) is 0. The van der Waals surface area contributed by atoms with Crippen molar-refractivity contribution in [3.8, 4) is 0 Å². The number of aryl methyl sites for hydroxylation is 1. The number of carbonyl (C=O) groups is 2. The van der Waals surface area contributed by atoms with Crippen molar-refractivity contribution in [1.82, 2.24) is 5.32 Å². The van der Waals surface area contributed by atoms with Gasteiger partial charge in [-0.3, -0.25) is 9.59 Å². The van der Waals surface area contributed by atoms with Gasteiger partial charge in [0.1, 0.15) is 0 Å². The molecule has 1 aromatic carbocycles. The molecular formula is C17H26N2O2. The lowest BCUT2D eigenvalue weighted by atomic mass is 9.99. The highest BCUT2D eigenvalue weighted by molar-refractivity contribution is 6.39. The minimum absolute atomic E-state index is 0.445. The van der Waals surface area contributed by atoms with E-state index in [1.807, 2.05) is 25.1 Å². The van der Waals surface area contributed by atoms with E-state index in [2.05, 4.69) is 24.5 Å². The van der Waals surface area contributed by atoms with Crippen LogP contribution >= 0.6 is 0 Å². The number of rotatable bonds is 7. The van der Waals surface area contributed by atoms with Crippen LogP contribution in [0.5, 0.6) is 0 Å². The molecule has 0 aromatic heterocycles. The predicted octanol–water partition coefficient (Wildman–Crippen LogP) is 3.27. The number of unbranched alkanes of at least 4 members (excludes halogenated alkanes) is 1. The number of amides is 2. The maximum atomic E-state index is 11.9. The molecule has 2 amide bonds. The highest BCUT2D eigenvalue weighted by Gasteiger charge is 2.15. The first-order valence-corrected chi connectivity index (χ1v) is 7.73. The number of anilines is 1. The lowest BCUT2D eigenvalue weighted by Gasteiger charge is -2.15. The van der Waals surface area contributed by atoms with Gasteiger partial charge in [-0.05, 0) is 30.9 Å². The molecule has 0 saturated carbocycles. The van der Waals surface area contributed by atoms with Crippen LogP contribution in [0.4, 0.5) is 5.69 Å². The number of carbonyl (C=O) groups excluding carboxylic acids is 2. The van der Waals surface area contributed by atoms with Crippen molar-refractivity contribution >= 4 is 17.5 Å². The van der Waals surface area contributed by atoms with Crippen molar-refractivity contribution < 1.29 is 9.59 Å². The molecule has 0 saturated heterocycles. The van der Waals surface area contributed by atoms with Gasteiger partial charge in [-0.2, -0.15) is 0 Å². The zero-order chi connectivity index (χ0) is 15.7. The molecule has 0 bridgehead atoms. The standard InChI is InChI=1S/C17H26N2O2/c1-4-6-10-14(5-2)12-18-16(20)17(21)19-15-11-8-7-9-13(15)3/h7-9,11,14H,4-6,10,12H2,1-3H3,(H,18,20)(H,19,21)/t14-/m0/s1. The molecule has 4 heteroatoms. The molecule has 0 aliphatic rings. The van der Waals surface area contributed by atoms with Gasteiger partial charge in [0.05, 0.1) is 0 Å². The minimum Gasteiger partial charge on any atom is -0.348 e. The molecule has 0 fully saturated rings. The Bertz CT molecular complexity index is 472. The van der Waals surface area contributed by atoms with E-state index in [-0.39, 0.29) is 0 Å². The summed E-state index contributed by atoms with van der Waals surface area (Å²) in [5, 5.41) is 5.37. The van der Waals surface area contributed by atoms with Gasteiger partial charge in [-0.15, -0.1) is 0 Å². The van der Waals surface area contributed by atoms with Gasteiger partial charge in [0.2, 0.25) is 0 Å². The Labute approximate surface area is 127 Å². The molecule has 0 radical (unpaired) electrons. The van der Waals surface area contributed by atoms with E-state index in [1.165, 1.54) is 0 Å². The number of benzene rings is 1. The Morgan fingerprint density at radius 2 is 1.86 bits per heavy atom. The van der Waals surface area contributed by atoms with E-state index in [0.29, 0.717) is 18.2 Å². The number of hydrogen-bond acceptors (Lipinski definition) is 2. The van der Waals surface area contributed by atoms with Crippen molar-refractivity contribution in [1.29, 1.82) is 0 Å². The molecular weight excluding hydrogens is 264 g/mol. The van der Waals surface area contributed by atoms with Crippen molar-refractivity contribution in [3.63, 3.8) is 0 Å². The van der Waals surface area contributed by atoms with Crippen LogP contribution in [0.25, 0.3) is 0 Å². The molecule has 2 N–H and O–H groups in total. The summed E-state index contributed by atoms with van der Waals surface area (Å²) in [6.45, 7) is 6.72. The maximum Gasteiger partial charge on any atom is 0.313 e. The van der Waals surface area contributed by atoms with Crippen LogP contribution in [-0.2, 0) is 9.59 Å². The van der Waals surface area contributed by atoms with Crippen LogP contribution in [0.2, 0.25) is 0 Å². The highest BCUT2D eigenvalue weighted by Crippen LogP contribution is 2.13. The second kappa shape index (κ2) is 9.16. The Kier molecular flexibility index (Phi) is 7.51. The monoisotopic (exact) mass is 290 g/mol. The molecule has 0 heterocycles. The third-order valence-corrected chi connectivity index (χ3v) is 3.69. The van der Waals surface area contributed by atoms with Crippen molar-refractivity contribution in [2.45, 2.75) is 46.5 Å². The summed E-state index contributed by atoms with van der Waals surface area (Å²) < 4.78 is 0. The van der Waals surface area contributed by atoms with Crippen LogP contribution in [0.1, 0.15) is 45.1 Å². The fourth-order valence-electron chi connectivity index (χ4n) is 2.15. The third kappa shape index (κ3) is 5.98. The topological polar surface area (TPSA) is 58.2 Å². The molecule has 1 atom stereocenters. The molecule has 0 aliphatic heterocycles. The van der Waals surface area contributed by atoms with Gasteiger partial charge in [0.25, 0.3) is 0 Å². The highest BCUT2D eigenvalue weighted by atomic mass is 16.2. The van der Waals surface area contributed by atoms with Gasteiger partial charge in [0.15, 0.2) is 0 Å².